The Balaban J connectivity index is 2.49. The van der Waals surface area contributed by atoms with Gasteiger partial charge in [-0.2, -0.15) is 0 Å². The smallest absolute Gasteiger partial charge is 0.121 e. The van der Waals surface area contributed by atoms with E-state index >= 15 is 0 Å². The minimum Gasteiger partial charge on any atom is -0.346 e. The van der Waals surface area contributed by atoms with Gasteiger partial charge in [0, 0.05) is 34.5 Å². The lowest BCUT2D eigenvalue weighted by molar-refractivity contribution is -0.108. The number of benzene rings is 1. The van der Waals surface area contributed by atoms with Gasteiger partial charge in [-0.05, 0) is 22.0 Å². The summed E-state index contributed by atoms with van der Waals surface area (Å²) >= 11 is 3.50. The van der Waals surface area contributed by atoms with Gasteiger partial charge in [-0.3, -0.25) is 0 Å². The molecule has 0 aliphatic carbocycles. The molecule has 72 valence electrons. The van der Waals surface area contributed by atoms with Crippen molar-refractivity contribution in [2.24, 2.45) is 0 Å². The molecule has 0 radical (unpaired) electrons. The summed E-state index contributed by atoms with van der Waals surface area (Å²) in [6.45, 7) is 0.746. The van der Waals surface area contributed by atoms with Crippen LogP contribution in [0.2, 0.25) is 0 Å². The van der Waals surface area contributed by atoms with Gasteiger partial charge in [-0.1, -0.05) is 18.2 Å². The molecule has 0 aliphatic heterocycles. The second kappa shape index (κ2) is 3.96. The molecule has 0 unspecified atom stereocenters. The lowest BCUT2D eigenvalue weighted by Crippen LogP contribution is -1.95. The van der Waals surface area contributed by atoms with Crippen LogP contribution in [0.25, 0.3) is 10.9 Å². The summed E-state index contributed by atoms with van der Waals surface area (Å²) in [7, 11) is 0. The van der Waals surface area contributed by atoms with E-state index in [1.165, 1.54) is 10.9 Å². The maximum atomic E-state index is 10.3. The Bertz CT molecular complexity index is 461. The summed E-state index contributed by atoms with van der Waals surface area (Å²) in [5.74, 6) is 0. The van der Waals surface area contributed by atoms with E-state index in [0.29, 0.717) is 6.42 Å². The van der Waals surface area contributed by atoms with Gasteiger partial charge in [-0.25, -0.2) is 0 Å². The van der Waals surface area contributed by atoms with Crippen molar-refractivity contribution in [2.45, 2.75) is 13.0 Å². The fourth-order valence-electron chi connectivity index (χ4n) is 1.58. The Morgan fingerprint density at radius 3 is 2.93 bits per heavy atom. The number of para-hydroxylation sites is 1. The Morgan fingerprint density at radius 1 is 1.36 bits per heavy atom. The van der Waals surface area contributed by atoms with Crippen molar-refractivity contribution in [3.63, 3.8) is 0 Å². The first-order chi connectivity index (χ1) is 6.83. The number of carbonyl (C=O) groups is 1. The van der Waals surface area contributed by atoms with Crippen LogP contribution in [0.3, 0.4) is 0 Å². The van der Waals surface area contributed by atoms with Gasteiger partial charge >= 0.3 is 0 Å². The number of carbonyl (C=O) groups excluding carboxylic acids is 1. The van der Waals surface area contributed by atoms with Crippen molar-refractivity contribution in [1.82, 2.24) is 4.57 Å². The highest BCUT2D eigenvalue weighted by molar-refractivity contribution is 9.10. The number of fused-ring (bicyclic) bond motifs is 1. The predicted octanol–water partition coefficient (Wildman–Crippen LogP) is 2.99. The molecule has 1 heterocycles. The summed E-state index contributed by atoms with van der Waals surface area (Å²) in [6, 6.07) is 8.14. The van der Waals surface area contributed by atoms with Crippen molar-refractivity contribution in [2.75, 3.05) is 0 Å². The van der Waals surface area contributed by atoms with Crippen molar-refractivity contribution >= 4 is 33.1 Å². The molecule has 0 fully saturated rings. The fraction of sp³-hybridized carbons (Fsp3) is 0.182. The number of rotatable bonds is 3. The van der Waals surface area contributed by atoms with E-state index in [9.17, 15) is 4.79 Å². The van der Waals surface area contributed by atoms with E-state index < -0.39 is 0 Å². The second-order valence-corrected chi connectivity index (χ2v) is 4.00. The highest BCUT2D eigenvalue weighted by atomic mass is 79.9. The molecule has 0 N–H and O–H groups in total. The molecule has 2 nitrogen and oxygen atoms in total. The summed E-state index contributed by atoms with van der Waals surface area (Å²) in [6.07, 6.45) is 3.53. The molecule has 2 rings (SSSR count). The maximum Gasteiger partial charge on any atom is 0.121 e. The molecular weight excluding hydrogens is 242 g/mol. The van der Waals surface area contributed by atoms with Crippen LogP contribution in [0.1, 0.15) is 6.42 Å². The number of nitrogens with zero attached hydrogens (tertiary/aromatic N) is 1. The molecule has 2 aromatic rings. The molecule has 14 heavy (non-hydrogen) atoms. The van der Waals surface area contributed by atoms with Crippen LogP contribution in [0, 0.1) is 0 Å². The van der Waals surface area contributed by atoms with Crippen LogP contribution in [-0.4, -0.2) is 10.9 Å². The number of hydrogen-bond donors (Lipinski definition) is 0. The molecule has 0 saturated carbocycles. The Kier molecular flexibility index (Phi) is 2.68. The monoisotopic (exact) mass is 251 g/mol. The Hall–Kier alpha value is -1.09. The number of aryl methyl sites for hydroxylation is 1. The summed E-state index contributed by atoms with van der Waals surface area (Å²) < 4.78 is 3.17. The van der Waals surface area contributed by atoms with Gasteiger partial charge in [0.2, 0.25) is 0 Å². The number of aromatic nitrogens is 1. The number of aldehydes is 1. The predicted molar refractivity (Wildman–Crippen MR) is 60.3 cm³/mol. The average molecular weight is 252 g/mol. The van der Waals surface area contributed by atoms with E-state index in [1.54, 1.807) is 0 Å². The molecule has 0 spiro atoms. The minimum atomic E-state index is 0.561. The van der Waals surface area contributed by atoms with E-state index in [4.69, 9.17) is 0 Å². The maximum absolute atomic E-state index is 10.3. The molecule has 0 aliphatic rings. The Labute approximate surface area is 90.7 Å². The first-order valence-electron chi connectivity index (χ1n) is 4.50. The van der Waals surface area contributed by atoms with Crippen LogP contribution in [0.15, 0.2) is 34.9 Å². The summed E-state index contributed by atoms with van der Waals surface area (Å²) in [5, 5.41) is 1.19. The SMILES string of the molecule is O=CCCn1cc(Br)c2ccccc21. The molecule has 0 saturated heterocycles. The highest BCUT2D eigenvalue weighted by Gasteiger charge is 2.04. The van der Waals surface area contributed by atoms with Crippen molar-refractivity contribution in [3.8, 4) is 0 Å². The van der Waals surface area contributed by atoms with Crippen molar-refractivity contribution in [1.29, 1.82) is 0 Å². The van der Waals surface area contributed by atoms with Gasteiger partial charge in [0.05, 0.1) is 0 Å². The minimum absolute atomic E-state index is 0.561. The molecule has 1 aromatic carbocycles. The largest absolute Gasteiger partial charge is 0.346 e. The quantitative estimate of drug-likeness (QED) is 0.769. The molecule has 0 amide bonds. The van der Waals surface area contributed by atoms with Crippen molar-refractivity contribution in [3.05, 3.63) is 34.9 Å². The van der Waals surface area contributed by atoms with Crippen LogP contribution in [0.5, 0.6) is 0 Å². The van der Waals surface area contributed by atoms with E-state index in [0.717, 1.165) is 17.3 Å². The van der Waals surface area contributed by atoms with Gasteiger partial charge < -0.3 is 9.36 Å². The molecule has 1 aromatic heterocycles. The number of hydrogen-bond acceptors (Lipinski definition) is 1. The van der Waals surface area contributed by atoms with Crippen LogP contribution < -0.4 is 0 Å². The van der Waals surface area contributed by atoms with Gasteiger partial charge in [-0.15, -0.1) is 0 Å². The zero-order valence-corrected chi connectivity index (χ0v) is 9.20. The van der Waals surface area contributed by atoms with Gasteiger partial charge in [0.25, 0.3) is 0 Å². The van der Waals surface area contributed by atoms with Crippen LogP contribution >= 0.6 is 15.9 Å². The van der Waals surface area contributed by atoms with Crippen LogP contribution in [0.4, 0.5) is 0 Å². The zero-order chi connectivity index (χ0) is 9.97. The lowest BCUT2D eigenvalue weighted by atomic mass is 10.2. The van der Waals surface area contributed by atoms with E-state index in [2.05, 4.69) is 32.6 Å². The van der Waals surface area contributed by atoms with Gasteiger partial charge in [0.1, 0.15) is 6.29 Å². The normalized spacial score (nSPS) is 10.6. The third-order valence-electron chi connectivity index (χ3n) is 2.23. The second-order valence-electron chi connectivity index (χ2n) is 3.14. The molecule has 3 heteroatoms. The lowest BCUT2D eigenvalue weighted by Gasteiger charge is -2.00. The zero-order valence-electron chi connectivity index (χ0n) is 7.61. The third kappa shape index (κ3) is 1.60. The first kappa shape index (κ1) is 9.46. The van der Waals surface area contributed by atoms with E-state index in [1.807, 2.05) is 18.3 Å². The molecule has 0 bridgehead atoms. The Morgan fingerprint density at radius 2 is 2.14 bits per heavy atom. The topological polar surface area (TPSA) is 22.0 Å². The first-order valence-corrected chi connectivity index (χ1v) is 5.29. The fourth-order valence-corrected chi connectivity index (χ4v) is 2.16. The highest BCUT2D eigenvalue weighted by Crippen LogP contribution is 2.25. The third-order valence-corrected chi connectivity index (χ3v) is 2.86. The summed E-state index contributed by atoms with van der Waals surface area (Å²) in [5.41, 5.74) is 1.17. The summed E-state index contributed by atoms with van der Waals surface area (Å²) in [4.78, 5) is 10.3. The molecular formula is C11H10BrNO. The van der Waals surface area contributed by atoms with Crippen molar-refractivity contribution < 1.29 is 4.79 Å². The average Bonchev–Trinajstić information content (AvgIpc) is 2.54. The molecule has 0 atom stereocenters. The van der Waals surface area contributed by atoms with Crippen LogP contribution in [-0.2, 0) is 11.3 Å². The van der Waals surface area contributed by atoms with Gasteiger partial charge in [0.15, 0.2) is 0 Å². The van der Waals surface area contributed by atoms with E-state index in [-0.39, 0.29) is 0 Å². The number of halogens is 1. The standard InChI is InChI=1S/C11H10BrNO/c12-10-8-13(6-3-7-14)11-5-2-1-4-9(10)11/h1-2,4-5,7-8H,3,6H2.